The molecule has 0 bridgehead atoms. The van der Waals surface area contributed by atoms with E-state index in [1.807, 2.05) is 42.5 Å². The number of halogens is 1. The predicted molar refractivity (Wildman–Crippen MR) is 140 cm³/mol. The fourth-order valence-corrected chi connectivity index (χ4v) is 4.96. The summed E-state index contributed by atoms with van der Waals surface area (Å²) in [5.74, 6) is 1.92. The van der Waals surface area contributed by atoms with Crippen molar-refractivity contribution in [2.45, 2.75) is 37.8 Å². The molecule has 7 rings (SSSR count). The Kier molecular flexibility index (Phi) is 5.30. The van der Waals surface area contributed by atoms with Gasteiger partial charge in [-0.1, -0.05) is 18.2 Å². The molecule has 1 atom stereocenters. The third-order valence-corrected chi connectivity index (χ3v) is 6.97. The molecule has 1 aliphatic carbocycles. The van der Waals surface area contributed by atoms with E-state index < -0.39 is 0 Å². The van der Waals surface area contributed by atoms with Crippen molar-refractivity contribution in [2.24, 2.45) is 0 Å². The number of anilines is 1. The summed E-state index contributed by atoms with van der Waals surface area (Å²) < 4.78 is 22.2. The van der Waals surface area contributed by atoms with E-state index in [1.54, 1.807) is 18.3 Å². The van der Waals surface area contributed by atoms with Crippen LogP contribution >= 0.6 is 0 Å². The summed E-state index contributed by atoms with van der Waals surface area (Å²) in [5, 5.41) is 4.47. The lowest BCUT2D eigenvalue weighted by atomic mass is 10.1. The first-order valence-corrected chi connectivity index (χ1v) is 12.7. The molecule has 2 aliphatic rings. The lowest BCUT2D eigenvalue weighted by Crippen LogP contribution is -2.16. The molecule has 7 nitrogen and oxygen atoms in total. The van der Waals surface area contributed by atoms with Crippen LogP contribution in [0.15, 0.2) is 72.9 Å². The van der Waals surface area contributed by atoms with E-state index in [9.17, 15) is 4.39 Å². The second kappa shape index (κ2) is 8.96. The second-order valence-corrected chi connectivity index (χ2v) is 9.63. The minimum atomic E-state index is -0.274. The zero-order chi connectivity index (χ0) is 24.8. The van der Waals surface area contributed by atoms with Crippen LogP contribution in [0.25, 0.3) is 33.5 Å². The summed E-state index contributed by atoms with van der Waals surface area (Å²) in [6, 6.07) is 20.8. The summed E-state index contributed by atoms with van der Waals surface area (Å²) in [6.07, 6.45) is 5.79. The lowest BCUT2D eigenvalue weighted by Gasteiger charge is -2.18. The van der Waals surface area contributed by atoms with Gasteiger partial charge in [-0.05, 0) is 61.7 Å². The van der Waals surface area contributed by atoms with Crippen LogP contribution in [-0.2, 0) is 6.42 Å². The van der Waals surface area contributed by atoms with E-state index >= 15 is 0 Å². The zero-order valence-corrected chi connectivity index (χ0v) is 20.1. The number of hydrogen-bond acceptors (Lipinski definition) is 6. The zero-order valence-electron chi connectivity index (χ0n) is 20.1. The monoisotopic (exact) mass is 492 g/mol. The Labute approximate surface area is 213 Å². The third kappa shape index (κ3) is 4.28. The Bertz CT molecular complexity index is 1590. The number of aryl methyl sites for hydroxylation is 1. The smallest absolute Gasteiger partial charge is 0.223 e. The number of imidazole rings is 1. The maximum absolute atomic E-state index is 13.7. The highest BCUT2D eigenvalue weighted by Gasteiger charge is 2.32. The molecule has 4 heterocycles. The number of benzene rings is 2. The van der Waals surface area contributed by atoms with Gasteiger partial charge in [-0.25, -0.2) is 24.3 Å². The Morgan fingerprint density at radius 2 is 1.78 bits per heavy atom. The van der Waals surface area contributed by atoms with Crippen molar-refractivity contribution in [3.63, 3.8) is 0 Å². The maximum Gasteiger partial charge on any atom is 0.223 e. The largest absolute Gasteiger partial charge is 0.475 e. The molecule has 1 N–H and O–H groups in total. The Morgan fingerprint density at radius 1 is 0.919 bits per heavy atom. The Morgan fingerprint density at radius 3 is 2.65 bits per heavy atom. The molecular weight excluding hydrogens is 467 g/mol. The summed E-state index contributed by atoms with van der Waals surface area (Å²) in [7, 11) is 0. The molecule has 2 aromatic carbocycles. The minimum absolute atomic E-state index is 0.0646. The SMILES string of the molecule is Fc1ccc(-c2nc3n(c2-c2ccnc(NC4CC4)n2)C(COc2ccc4ccccc4n2)CC3)cc1. The van der Waals surface area contributed by atoms with Crippen LogP contribution in [0.4, 0.5) is 10.3 Å². The van der Waals surface area contributed by atoms with Gasteiger partial charge < -0.3 is 14.6 Å². The fraction of sp³-hybridized carbons (Fsp3) is 0.241. The molecular formula is C29H25FN6O. The van der Waals surface area contributed by atoms with Crippen molar-refractivity contribution >= 4 is 16.9 Å². The highest BCUT2D eigenvalue weighted by atomic mass is 19.1. The quantitative estimate of drug-likeness (QED) is 0.308. The predicted octanol–water partition coefficient (Wildman–Crippen LogP) is 5.84. The van der Waals surface area contributed by atoms with Gasteiger partial charge in [0.15, 0.2) is 0 Å². The summed E-state index contributed by atoms with van der Waals surface area (Å²) in [5.41, 5.74) is 4.24. The highest BCUT2D eigenvalue weighted by Crippen LogP contribution is 2.39. The molecule has 0 saturated heterocycles. The van der Waals surface area contributed by atoms with E-state index in [4.69, 9.17) is 14.7 Å². The molecule has 1 fully saturated rings. The van der Waals surface area contributed by atoms with Crippen molar-refractivity contribution in [2.75, 3.05) is 11.9 Å². The molecule has 37 heavy (non-hydrogen) atoms. The van der Waals surface area contributed by atoms with Gasteiger partial charge in [0.1, 0.15) is 18.2 Å². The number of fused-ring (bicyclic) bond motifs is 2. The molecule has 1 saturated carbocycles. The molecule has 0 radical (unpaired) electrons. The lowest BCUT2D eigenvalue weighted by molar-refractivity contribution is 0.248. The van der Waals surface area contributed by atoms with Gasteiger partial charge in [-0.2, -0.15) is 0 Å². The van der Waals surface area contributed by atoms with Crippen LogP contribution < -0.4 is 10.1 Å². The van der Waals surface area contributed by atoms with Gasteiger partial charge in [0.2, 0.25) is 11.8 Å². The number of aromatic nitrogens is 5. The molecule has 1 aliphatic heterocycles. The summed E-state index contributed by atoms with van der Waals surface area (Å²) in [4.78, 5) is 18.9. The van der Waals surface area contributed by atoms with Gasteiger partial charge in [-0.15, -0.1) is 0 Å². The van der Waals surface area contributed by atoms with E-state index in [1.165, 1.54) is 12.1 Å². The average molecular weight is 493 g/mol. The molecule has 184 valence electrons. The average Bonchev–Trinajstić information content (AvgIpc) is 3.53. The number of hydrogen-bond donors (Lipinski definition) is 1. The van der Waals surface area contributed by atoms with E-state index in [0.717, 1.165) is 65.1 Å². The Balaban J connectivity index is 1.25. The number of pyridine rings is 1. The topological polar surface area (TPSA) is 77.8 Å². The summed E-state index contributed by atoms with van der Waals surface area (Å²) in [6.45, 7) is 0.461. The first-order valence-electron chi connectivity index (χ1n) is 12.7. The van der Waals surface area contributed by atoms with E-state index in [2.05, 4.69) is 19.9 Å². The van der Waals surface area contributed by atoms with E-state index in [0.29, 0.717) is 24.5 Å². The maximum atomic E-state index is 13.7. The molecule has 5 aromatic rings. The first kappa shape index (κ1) is 21.9. The summed E-state index contributed by atoms with van der Waals surface area (Å²) >= 11 is 0. The van der Waals surface area contributed by atoms with Crippen LogP contribution in [0.1, 0.15) is 31.1 Å². The number of nitrogens with one attached hydrogen (secondary N) is 1. The number of rotatable bonds is 7. The number of para-hydroxylation sites is 1. The van der Waals surface area contributed by atoms with Crippen LogP contribution in [0.2, 0.25) is 0 Å². The molecule has 0 amide bonds. The van der Waals surface area contributed by atoms with Crippen LogP contribution in [0, 0.1) is 5.82 Å². The van der Waals surface area contributed by atoms with Crippen molar-refractivity contribution < 1.29 is 9.13 Å². The van der Waals surface area contributed by atoms with Crippen LogP contribution in [0.3, 0.4) is 0 Å². The van der Waals surface area contributed by atoms with Gasteiger partial charge in [0.05, 0.1) is 28.6 Å². The minimum Gasteiger partial charge on any atom is -0.475 e. The van der Waals surface area contributed by atoms with Crippen LogP contribution in [-0.4, -0.2) is 37.2 Å². The van der Waals surface area contributed by atoms with Gasteiger partial charge in [-0.3, -0.25) is 0 Å². The Hall–Kier alpha value is -4.33. The normalized spacial score (nSPS) is 16.6. The number of nitrogens with zero attached hydrogens (tertiary/aromatic N) is 5. The first-order chi connectivity index (χ1) is 18.2. The molecule has 1 unspecified atom stereocenters. The van der Waals surface area contributed by atoms with Crippen molar-refractivity contribution in [3.05, 3.63) is 84.6 Å². The van der Waals surface area contributed by atoms with Gasteiger partial charge in [0, 0.05) is 35.7 Å². The van der Waals surface area contributed by atoms with Gasteiger partial charge >= 0.3 is 0 Å². The molecule has 8 heteroatoms. The van der Waals surface area contributed by atoms with E-state index in [-0.39, 0.29) is 11.9 Å². The van der Waals surface area contributed by atoms with Crippen molar-refractivity contribution in [1.82, 2.24) is 24.5 Å². The van der Waals surface area contributed by atoms with Crippen molar-refractivity contribution in [1.29, 1.82) is 0 Å². The second-order valence-electron chi connectivity index (χ2n) is 9.63. The number of ether oxygens (including phenoxy) is 1. The van der Waals surface area contributed by atoms with Gasteiger partial charge in [0.25, 0.3) is 0 Å². The fourth-order valence-electron chi connectivity index (χ4n) is 4.96. The molecule has 3 aromatic heterocycles. The highest BCUT2D eigenvalue weighted by molar-refractivity contribution is 5.79. The molecule has 0 spiro atoms. The van der Waals surface area contributed by atoms with Crippen LogP contribution in [0.5, 0.6) is 5.88 Å². The third-order valence-electron chi connectivity index (χ3n) is 6.97. The van der Waals surface area contributed by atoms with Crippen molar-refractivity contribution in [3.8, 4) is 28.5 Å². The standard InChI is InChI=1S/C29H25FN6O/c30-20-8-5-19(6-9-20)27-28(24-15-16-31-29(34-24)32-21-10-11-21)36-22(12-13-25(36)35-27)17-37-26-14-7-18-3-1-2-4-23(18)33-26/h1-9,14-16,21-22H,10-13,17H2,(H,31,32,34).